The van der Waals surface area contributed by atoms with Crippen LogP contribution in [0.4, 0.5) is 0 Å². The Morgan fingerprint density at radius 3 is 3.00 bits per heavy atom. The topological polar surface area (TPSA) is 41.6 Å². The van der Waals surface area contributed by atoms with E-state index in [1.54, 1.807) is 18.4 Å². The summed E-state index contributed by atoms with van der Waals surface area (Å²) in [5, 5.41) is 7.72. The zero-order valence-electron chi connectivity index (χ0n) is 11.4. The second-order valence-corrected chi connectivity index (χ2v) is 6.48. The molecule has 4 nitrogen and oxygen atoms in total. The molecule has 1 N–H and O–H groups in total. The number of hydrogen-bond acceptors (Lipinski definition) is 4. The highest BCUT2D eigenvalue weighted by atomic mass is 32.1. The van der Waals surface area contributed by atoms with E-state index in [0.717, 1.165) is 19.4 Å². The highest BCUT2D eigenvalue weighted by Crippen LogP contribution is 2.46. The lowest BCUT2D eigenvalue weighted by Crippen LogP contribution is -2.36. The zero-order chi connectivity index (χ0) is 13.5. The summed E-state index contributed by atoms with van der Waals surface area (Å²) < 4.78 is 5.19. The fourth-order valence-corrected chi connectivity index (χ4v) is 3.51. The minimum atomic E-state index is -0.251. The van der Waals surface area contributed by atoms with Crippen LogP contribution in [0, 0.1) is 5.92 Å². The number of carbonyl (C=O) groups is 1. The van der Waals surface area contributed by atoms with Crippen LogP contribution in [-0.4, -0.2) is 36.6 Å². The van der Waals surface area contributed by atoms with Crippen molar-refractivity contribution in [3.05, 3.63) is 22.4 Å². The van der Waals surface area contributed by atoms with E-state index in [4.69, 9.17) is 4.74 Å². The van der Waals surface area contributed by atoms with Gasteiger partial charge in [-0.2, -0.15) is 11.3 Å². The van der Waals surface area contributed by atoms with Gasteiger partial charge >= 0.3 is 0 Å². The lowest BCUT2D eigenvalue weighted by molar-refractivity contribution is -0.131. The monoisotopic (exact) mass is 280 g/mol. The first-order valence-corrected chi connectivity index (χ1v) is 7.70. The predicted octanol–water partition coefficient (Wildman–Crippen LogP) is 1.99. The molecular weight excluding hydrogens is 260 g/mol. The molecule has 2 aliphatic rings. The molecule has 2 unspecified atom stereocenters. The highest BCUT2D eigenvalue weighted by Gasteiger charge is 2.59. The summed E-state index contributed by atoms with van der Waals surface area (Å²) >= 11 is 1.68. The molecule has 2 atom stereocenters. The summed E-state index contributed by atoms with van der Waals surface area (Å²) in [6.07, 6.45) is 1.99. The van der Waals surface area contributed by atoms with E-state index in [2.05, 4.69) is 29.1 Å². The Labute approximate surface area is 117 Å². The Hall–Kier alpha value is -0.910. The molecule has 2 fully saturated rings. The molecule has 1 aliphatic carbocycles. The molecule has 1 amide bonds. The maximum atomic E-state index is 12.6. The normalized spacial score (nSPS) is 26.1. The SMILES string of the molecule is COCC(C)CN1C(=O)C2(CC2)NC1c1ccsc1. The van der Waals surface area contributed by atoms with Crippen molar-refractivity contribution in [1.29, 1.82) is 0 Å². The van der Waals surface area contributed by atoms with E-state index >= 15 is 0 Å². The molecule has 0 aromatic carbocycles. The molecule has 1 saturated heterocycles. The summed E-state index contributed by atoms with van der Waals surface area (Å²) in [4.78, 5) is 14.6. The van der Waals surface area contributed by atoms with Crippen LogP contribution in [0.5, 0.6) is 0 Å². The Morgan fingerprint density at radius 1 is 1.63 bits per heavy atom. The van der Waals surface area contributed by atoms with Crippen molar-refractivity contribution >= 4 is 17.2 Å². The average Bonchev–Trinajstić information content (AvgIpc) is 2.86. The Kier molecular flexibility index (Phi) is 3.37. The number of thiophene rings is 1. The van der Waals surface area contributed by atoms with Crippen LogP contribution in [0.2, 0.25) is 0 Å². The van der Waals surface area contributed by atoms with Crippen molar-refractivity contribution in [2.45, 2.75) is 31.5 Å². The van der Waals surface area contributed by atoms with E-state index < -0.39 is 0 Å². The number of ether oxygens (including phenoxy) is 1. The van der Waals surface area contributed by atoms with E-state index in [1.807, 2.05) is 4.90 Å². The molecule has 0 bridgehead atoms. The first-order valence-electron chi connectivity index (χ1n) is 6.76. The minimum absolute atomic E-state index is 0.0422. The van der Waals surface area contributed by atoms with Crippen molar-refractivity contribution < 1.29 is 9.53 Å². The van der Waals surface area contributed by atoms with Gasteiger partial charge in [0, 0.05) is 13.7 Å². The van der Waals surface area contributed by atoms with E-state index in [0.29, 0.717) is 12.5 Å². The van der Waals surface area contributed by atoms with Gasteiger partial charge in [-0.3, -0.25) is 10.1 Å². The van der Waals surface area contributed by atoms with E-state index in [1.165, 1.54) is 5.56 Å². The molecular formula is C14H20N2O2S. The third kappa shape index (κ3) is 2.30. The van der Waals surface area contributed by atoms with E-state index in [-0.39, 0.29) is 17.6 Å². The fourth-order valence-electron chi connectivity index (χ4n) is 2.83. The molecule has 1 aromatic heterocycles. The lowest BCUT2D eigenvalue weighted by Gasteiger charge is -2.26. The molecule has 1 saturated carbocycles. The standard InChI is InChI=1S/C14H20N2O2S/c1-10(8-18-2)7-16-12(11-3-6-19-9-11)15-14(4-5-14)13(16)17/h3,6,9-10,12,15H,4-5,7-8H2,1-2H3. The van der Waals surface area contributed by atoms with Crippen LogP contribution in [0.15, 0.2) is 16.8 Å². The maximum Gasteiger partial charge on any atom is 0.244 e. The molecule has 1 aromatic rings. The first kappa shape index (κ1) is 13.1. The van der Waals surface area contributed by atoms with Crippen LogP contribution in [0.25, 0.3) is 0 Å². The summed E-state index contributed by atoms with van der Waals surface area (Å²) in [6, 6.07) is 2.10. The second kappa shape index (κ2) is 4.89. The van der Waals surface area contributed by atoms with Gasteiger partial charge < -0.3 is 9.64 Å². The van der Waals surface area contributed by atoms with Gasteiger partial charge in [0.15, 0.2) is 0 Å². The number of amides is 1. The second-order valence-electron chi connectivity index (χ2n) is 5.70. The summed E-state index contributed by atoms with van der Waals surface area (Å²) in [5.74, 6) is 0.623. The minimum Gasteiger partial charge on any atom is -0.384 e. The molecule has 104 valence electrons. The van der Waals surface area contributed by atoms with Crippen molar-refractivity contribution in [2.24, 2.45) is 5.92 Å². The van der Waals surface area contributed by atoms with Crippen LogP contribution < -0.4 is 5.32 Å². The summed E-state index contributed by atoms with van der Waals surface area (Å²) in [5.41, 5.74) is 0.950. The molecule has 0 radical (unpaired) electrons. The Morgan fingerprint density at radius 2 is 2.42 bits per heavy atom. The smallest absolute Gasteiger partial charge is 0.244 e. The van der Waals surface area contributed by atoms with Gasteiger partial charge in [-0.05, 0) is 41.1 Å². The quantitative estimate of drug-likeness (QED) is 0.897. The third-order valence-corrected chi connectivity index (χ3v) is 4.66. The van der Waals surface area contributed by atoms with Gasteiger partial charge in [0.05, 0.1) is 6.61 Å². The molecule has 5 heteroatoms. The van der Waals surface area contributed by atoms with Crippen molar-refractivity contribution in [3.63, 3.8) is 0 Å². The molecule has 19 heavy (non-hydrogen) atoms. The fraction of sp³-hybridized carbons (Fsp3) is 0.643. The number of methoxy groups -OCH3 is 1. The molecule has 1 spiro atoms. The van der Waals surface area contributed by atoms with Crippen molar-refractivity contribution in [3.8, 4) is 0 Å². The van der Waals surface area contributed by atoms with Crippen LogP contribution in [0.1, 0.15) is 31.5 Å². The van der Waals surface area contributed by atoms with Crippen LogP contribution >= 0.6 is 11.3 Å². The molecule has 3 rings (SSSR count). The number of carbonyl (C=O) groups excluding carboxylic acids is 1. The predicted molar refractivity (Wildman–Crippen MR) is 74.9 cm³/mol. The van der Waals surface area contributed by atoms with Gasteiger partial charge in [0.25, 0.3) is 0 Å². The first-order chi connectivity index (χ1) is 9.16. The number of nitrogens with zero attached hydrogens (tertiary/aromatic N) is 1. The maximum absolute atomic E-state index is 12.6. The van der Waals surface area contributed by atoms with Gasteiger partial charge in [-0.25, -0.2) is 0 Å². The number of nitrogens with one attached hydrogen (secondary N) is 1. The van der Waals surface area contributed by atoms with Gasteiger partial charge in [0.2, 0.25) is 5.91 Å². The largest absolute Gasteiger partial charge is 0.384 e. The Bertz CT molecular complexity index is 456. The lowest BCUT2D eigenvalue weighted by atomic mass is 10.1. The van der Waals surface area contributed by atoms with Gasteiger partial charge in [0.1, 0.15) is 11.7 Å². The average molecular weight is 280 g/mol. The number of hydrogen-bond donors (Lipinski definition) is 1. The summed E-state index contributed by atoms with van der Waals surface area (Å²) in [7, 11) is 1.71. The van der Waals surface area contributed by atoms with Crippen molar-refractivity contribution in [2.75, 3.05) is 20.3 Å². The number of rotatable bonds is 5. The zero-order valence-corrected chi connectivity index (χ0v) is 12.2. The van der Waals surface area contributed by atoms with Crippen molar-refractivity contribution in [1.82, 2.24) is 10.2 Å². The van der Waals surface area contributed by atoms with Crippen LogP contribution in [-0.2, 0) is 9.53 Å². The molecule has 2 heterocycles. The molecule has 1 aliphatic heterocycles. The van der Waals surface area contributed by atoms with Crippen LogP contribution in [0.3, 0.4) is 0 Å². The summed E-state index contributed by atoms with van der Waals surface area (Å²) in [6.45, 7) is 3.56. The third-order valence-electron chi connectivity index (χ3n) is 3.96. The Balaban J connectivity index is 1.79. The van der Waals surface area contributed by atoms with Gasteiger partial charge in [-0.15, -0.1) is 0 Å². The van der Waals surface area contributed by atoms with Gasteiger partial charge in [-0.1, -0.05) is 6.92 Å². The van der Waals surface area contributed by atoms with E-state index in [9.17, 15) is 4.79 Å². The highest BCUT2D eigenvalue weighted by molar-refractivity contribution is 7.07.